The number of anilines is 2. The highest BCUT2D eigenvalue weighted by molar-refractivity contribution is 6.35. The van der Waals surface area contributed by atoms with E-state index in [1.165, 1.54) is 0 Å². The van der Waals surface area contributed by atoms with Gasteiger partial charge < -0.3 is 15.8 Å². The maximum atomic E-state index is 13.0. The predicted octanol–water partition coefficient (Wildman–Crippen LogP) is 6.70. The molecule has 0 atom stereocenters. The van der Waals surface area contributed by atoms with E-state index < -0.39 is 0 Å². The van der Waals surface area contributed by atoms with Gasteiger partial charge in [-0.1, -0.05) is 41.4 Å². The molecule has 33 heavy (non-hydrogen) atoms. The van der Waals surface area contributed by atoms with Crippen molar-refractivity contribution in [1.29, 1.82) is 0 Å². The maximum absolute atomic E-state index is 13.0. The van der Waals surface area contributed by atoms with Gasteiger partial charge in [-0.15, -0.1) is 0 Å². The molecule has 5 nitrogen and oxygen atoms in total. The van der Waals surface area contributed by atoms with Crippen LogP contribution < -0.4 is 15.8 Å². The quantitative estimate of drug-likeness (QED) is 0.289. The van der Waals surface area contributed by atoms with Crippen LogP contribution in [0.1, 0.15) is 28.0 Å². The second-order valence-corrected chi connectivity index (χ2v) is 8.57. The number of halogens is 2. The fraction of sp³-hybridized carbons (Fsp3) is 0.154. The van der Waals surface area contributed by atoms with Gasteiger partial charge in [-0.2, -0.15) is 0 Å². The summed E-state index contributed by atoms with van der Waals surface area (Å²) in [5.74, 6) is 0.414. The molecular weight excluding hydrogens is 457 g/mol. The van der Waals surface area contributed by atoms with Gasteiger partial charge in [0.05, 0.1) is 17.1 Å². The van der Waals surface area contributed by atoms with Gasteiger partial charge in [-0.25, -0.2) is 0 Å². The molecule has 0 saturated carbocycles. The first kappa shape index (κ1) is 22.9. The number of pyridine rings is 1. The topological polar surface area (TPSA) is 77.2 Å². The summed E-state index contributed by atoms with van der Waals surface area (Å²) in [7, 11) is 0. The van der Waals surface area contributed by atoms with Crippen molar-refractivity contribution in [3.8, 4) is 5.75 Å². The van der Waals surface area contributed by atoms with Crippen molar-refractivity contribution >= 4 is 51.4 Å². The molecule has 3 N–H and O–H groups in total. The summed E-state index contributed by atoms with van der Waals surface area (Å²) < 4.78 is 5.76. The Morgan fingerprint density at radius 1 is 1.06 bits per heavy atom. The number of amides is 1. The number of aromatic nitrogens is 1. The molecule has 4 aromatic rings. The van der Waals surface area contributed by atoms with Crippen LogP contribution in [-0.2, 0) is 6.42 Å². The summed E-state index contributed by atoms with van der Waals surface area (Å²) in [5.41, 5.74) is 10.7. The van der Waals surface area contributed by atoms with Crippen molar-refractivity contribution in [3.05, 3.63) is 93.6 Å². The number of carbonyl (C=O) groups excluding carboxylic acids is 1. The number of rotatable bonds is 7. The number of nitrogens with one attached hydrogen (secondary N) is 1. The molecule has 0 aliphatic carbocycles. The van der Waals surface area contributed by atoms with Gasteiger partial charge >= 0.3 is 0 Å². The summed E-state index contributed by atoms with van der Waals surface area (Å²) in [6, 6.07) is 20.1. The minimum absolute atomic E-state index is 0.176. The zero-order valence-electron chi connectivity index (χ0n) is 18.1. The van der Waals surface area contributed by atoms with E-state index in [9.17, 15) is 4.79 Å². The fourth-order valence-corrected chi connectivity index (χ4v) is 4.13. The molecule has 0 bridgehead atoms. The van der Waals surface area contributed by atoms with Crippen LogP contribution >= 0.6 is 23.2 Å². The Morgan fingerprint density at radius 3 is 2.70 bits per heavy atom. The number of hydrogen-bond acceptors (Lipinski definition) is 4. The number of hydrogen-bond donors (Lipinski definition) is 2. The average Bonchev–Trinajstić information content (AvgIpc) is 2.78. The van der Waals surface area contributed by atoms with Gasteiger partial charge in [-0.05, 0) is 73.9 Å². The van der Waals surface area contributed by atoms with Gasteiger partial charge in [0, 0.05) is 33.0 Å². The smallest absolute Gasteiger partial charge is 0.255 e. The van der Waals surface area contributed by atoms with E-state index in [1.54, 1.807) is 18.2 Å². The monoisotopic (exact) mass is 479 g/mol. The van der Waals surface area contributed by atoms with Crippen molar-refractivity contribution in [3.63, 3.8) is 0 Å². The molecule has 4 rings (SSSR count). The first-order valence-corrected chi connectivity index (χ1v) is 11.3. The molecule has 1 aromatic heterocycles. The highest BCUT2D eigenvalue weighted by Crippen LogP contribution is 2.28. The number of ether oxygens (including phenoxy) is 1. The zero-order chi connectivity index (χ0) is 23.4. The number of fused-ring (bicyclic) bond motifs is 1. The third-order valence-electron chi connectivity index (χ3n) is 5.23. The molecule has 0 radical (unpaired) electrons. The van der Waals surface area contributed by atoms with Crippen LogP contribution in [0.15, 0.2) is 66.7 Å². The van der Waals surface area contributed by atoms with Crippen molar-refractivity contribution in [2.75, 3.05) is 17.7 Å². The van der Waals surface area contributed by atoms with E-state index in [1.807, 2.05) is 55.5 Å². The Kier molecular flexibility index (Phi) is 7.02. The summed E-state index contributed by atoms with van der Waals surface area (Å²) in [6.07, 6.45) is 1.41. The Labute approximate surface area is 202 Å². The van der Waals surface area contributed by atoms with Gasteiger partial charge in [0.15, 0.2) is 0 Å². The minimum atomic E-state index is -0.176. The minimum Gasteiger partial charge on any atom is -0.492 e. The van der Waals surface area contributed by atoms with Crippen LogP contribution in [-0.4, -0.2) is 17.5 Å². The van der Waals surface area contributed by atoms with Gasteiger partial charge in [0.2, 0.25) is 0 Å². The second-order valence-electron chi connectivity index (χ2n) is 7.72. The average molecular weight is 480 g/mol. The summed E-state index contributed by atoms with van der Waals surface area (Å²) in [6.45, 7) is 2.37. The van der Waals surface area contributed by atoms with Crippen LogP contribution in [0.3, 0.4) is 0 Å². The SMILES string of the molecule is Cc1cc(N)c2cc(NC(=O)c3ccccc3CCCOc3ccc(Cl)cc3Cl)ccc2n1. The Balaban J connectivity index is 1.42. The molecule has 0 spiro atoms. The maximum Gasteiger partial charge on any atom is 0.255 e. The Morgan fingerprint density at radius 2 is 1.88 bits per heavy atom. The largest absolute Gasteiger partial charge is 0.492 e. The van der Waals surface area contributed by atoms with E-state index in [0.29, 0.717) is 45.8 Å². The molecule has 7 heteroatoms. The lowest BCUT2D eigenvalue weighted by atomic mass is 10.0. The summed E-state index contributed by atoms with van der Waals surface area (Å²) in [5, 5.41) is 4.83. The molecule has 0 unspecified atom stereocenters. The van der Waals surface area contributed by atoms with Gasteiger partial charge in [-0.3, -0.25) is 9.78 Å². The number of nitrogens with zero attached hydrogens (tertiary/aromatic N) is 1. The predicted molar refractivity (Wildman–Crippen MR) is 136 cm³/mol. The third-order valence-corrected chi connectivity index (χ3v) is 5.76. The van der Waals surface area contributed by atoms with Crippen LogP contribution in [0.25, 0.3) is 10.9 Å². The van der Waals surface area contributed by atoms with Crippen LogP contribution in [0.2, 0.25) is 10.0 Å². The number of carbonyl (C=O) groups is 1. The van der Waals surface area contributed by atoms with Crippen molar-refractivity contribution < 1.29 is 9.53 Å². The molecular formula is C26H23Cl2N3O2. The molecule has 1 amide bonds. The highest BCUT2D eigenvalue weighted by Gasteiger charge is 2.12. The highest BCUT2D eigenvalue weighted by atomic mass is 35.5. The van der Waals surface area contributed by atoms with E-state index in [0.717, 1.165) is 28.6 Å². The molecule has 1 heterocycles. The lowest BCUT2D eigenvalue weighted by Crippen LogP contribution is -2.14. The first-order valence-electron chi connectivity index (χ1n) is 10.5. The molecule has 0 aliphatic heterocycles. The van der Waals surface area contributed by atoms with Crippen LogP contribution in [0.4, 0.5) is 11.4 Å². The van der Waals surface area contributed by atoms with Crippen molar-refractivity contribution in [1.82, 2.24) is 4.98 Å². The van der Waals surface area contributed by atoms with E-state index >= 15 is 0 Å². The normalized spacial score (nSPS) is 10.9. The first-order chi connectivity index (χ1) is 15.9. The van der Waals surface area contributed by atoms with Gasteiger partial charge in [0.1, 0.15) is 5.75 Å². The number of aryl methyl sites for hydroxylation is 2. The molecule has 0 aliphatic rings. The van der Waals surface area contributed by atoms with E-state index in [-0.39, 0.29) is 5.91 Å². The van der Waals surface area contributed by atoms with E-state index in [4.69, 9.17) is 33.7 Å². The van der Waals surface area contributed by atoms with Gasteiger partial charge in [0.25, 0.3) is 5.91 Å². The standard InChI is InChI=1S/C26H23Cl2N3O2/c1-16-13-23(29)21-15-19(9-10-24(21)30-16)31-26(32)20-7-3-2-5-17(20)6-4-12-33-25-11-8-18(27)14-22(25)28/h2-3,5,7-11,13-15H,4,6,12H2,1H3,(H2,29,30)(H,31,32). The fourth-order valence-electron chi connectivity index (χ4n) is 3.66. The molecule has 0 saturated heterocycles. The molecule has 168 valence electrons. The lowest BCUT2D eigenvalue weighted by Gasteiger charge is -2.12. The number of nitrogens with two attached hydrogens (primary N) is 1. The molecule has 3 aromatic carbocycles. The second kappa shape index (κ2) is 10.1. The summed E-state index contributed by atoms with van der Waals surface area (Å²) >= 11 is 12.1. The van der Waals surface area contributed by atoms with Crippen molar-refractivity contribution in [2.45, 2.75) is 19.8 Å². The van der Waals surface area contributed by atoms with Crippen LogP contribution in [0, 0.1) is 6.92 Å². The zero-order valence-corrected chi connectivity index (χ0v) is 19.6. The summed E-state index contributed by atoms with van der Waals surface area (Å²) in [4.78, 5) is 17.5. The van der Waals surface area contributed by atoms with Crippen molar-refractivity contribution in [2.24, 2.45) is 0 Å². The van der Waals surface area contributed by atoms with Crippen LogP contribution in [0.5, 0.6) is 5.75 Å². The Bertz CT molecular complexity index is 1320. The Hall–Kier alpha value is -3.28. The van der Waals surface area contributed by atoms with E-state index in [2.05, 4.69) is 10.3 Å². The lowest BCUT2D eigenvalue weighted by molar-refractivity contribution is 0.102. The molecule has 0 fully saturated rings. The number of nitrogen functional groups attached to an aromatic ring is 1. The number of benzene rings is 3. The third kappa shape index (κ3) is 5.56.